The first-order chi connectivity index (χ1) is 12.6. The number of carbonyl (C=O) groups excluding carboxylic acids is 1. The minimum Gasteiger partial charge on any atom is -0.298 e. The Kier molecular flexibility index (Phi) is 5.00. The van der Waals surface area contributed by atoms with Gasteiger partial charge in [0.25, 0.3) is 11.6 Å². The number of nitro groups is 1. The molecule has 0 saturated heterocycles. The van der Waals surface area contributed by atoms with Gasteiger partial charge in [0.05, 0.1) is 29.5 Å². The number of nitrogens with one attached hydrogen (secondary N) is 1. The van der Waals surface area contributed by atoms with Gasteiger partial charge in [-0.1, -0.05) is 0 Å². The SMILES string of the molecule is N#CCCn1cc(C(=O)Nc2nccs2)c(-c2ccc([N+](=O)[O-])cc2)n1. The van der Waals surface area contributed by atoms with Crippen LogP contribution in [0.2, 0.25) is 0 Å². The second-order valence-electron chi connectivity index (χ2n) is 5.16. The first-order valence-corrected chi connectivity index (χ1v) is 8.36. The van der Waals surface area contributed by atoms with E-state index in [-0.39, 0.29) is 12.1 Å². The lowest BCUT2D eigenvalue weighted by Gasteiger charge is -2.02. The molecular weight excluding hydrogens is 356 g/mol. The molecule has 0 atom stereocenters. The Hall–Kier alpha value is -3.58. The second-order valence-corrected chi connectivity index (χ2v) is 6.05. The maximum Gasteiger partial charge on any atom is 0.269 e. The minimum absolute atomic E-state index is 0.0496. The molecule has 0 aliphatic heterocycles. The summed E-state index contributed by atoms with van der Waals surface area (Å²) in [6, 6.07) is 7.81. The molecule has 0 unspecified atom stereocenters. The summed E-state index contributed by atoms with van der Waals surface area (Å²) in [6.07, 6.45) is 3.37. The van der Waals surface area contributed by atoms with E-state index in [1.54, 1.807) is 17.8 Å². The predicted octanol–water partition coefficient (Wildman–Crippen LogP) is 3.08. The van der Waals surface area contributed by atoms with Crippen LogP contribution >= 0.6 is 11.3 Å². The van der Waals surface area contributed by atoms with Crippen molar-refractivity contribution in [3.05, 3.63) is 57.7 Å². The largest absolute Gasteiger partial charge is 0.298 e. The summed E-state index contributed by atoms with van der Waals surface area (Å²) >= 11 is 1.29. The fraction of sp³-hybridized carbons (Fsp3) is 0.125. The molecule has 130 valence electrons. The number of anilines is 1. The van der Waals surface area contributed by atoms with Crippen molar-refractivity contribution in [3.8, 4) is 17.3 Å². The minimum atomic E-state index is -0.495. The molecule has 0 aliphatic rings. The lowest BCUT2D eigenvalue weighted by Crippen LogP contribution is -2.12. The van der Waals surface area contributed by atoms with E-state index in [0.29, 0.717) is 28.5 Å². The molecule has 9 nitrogen and oxygen atoms in total. The van der Waals surface area contributed by atoms with Crippen LogP contribution in [0.5, 0.6) is 0 Å². The Labute approximate surface area is 151 Å². The molecule has 0 saturated carbocycles. The van der Waals surface area contributed by atoms with Crippen LogP contribution in [0.1, 0.15) is 16.8 Å². The number of non-ortho nitro benzene ring substituents is 1. The standard InChI is InChI=1S/C16H12N6O3S/c17-6-1-8-21-10-13(15(23)19-16-18-7-9-26-16)14(20-21)11-2-4-12(5-3-11)22(24)25/h2-5,7,9-10H,1,8H2,(H,18,19,23). The number of nitro benzene ring substituents is 1. The zero-order chi connectivity index (χ0) is 18.5. The van der Waals surface area contributed by atoms with Crippen molar-refractivity contribution in [2.45, 2.75) is 13.0 Å². The van der Waals surface area contributed by atoms with Gasteiger partial charge in [-0.15, -0.1) is 11.3 Å². The maximum absolute atomic E-state index is 12.6. The van der Waals surface area contributed by atoms with Crippen molar-refractivity contribution >= 4 is 28.1 Å². The lowest BCUT2D eigenvalue weighted by atomic mass is 10.1. The molecule has 10 heteroatoms. The van der Waals surface area contributed by atoms with Crippen LogP contribution in [-0.2, 0) is 6.54 Å². The summed E-state index contributed by atoms with van der Waals surface area (Å²) in [7, 11) is 0. The quantitative estimate of drug-likeness (QED) is 0.526. The zero-order valence-electron chi connectivity index (χ0n) is 13.3. The smallest absolute Gasteiger partial charge is 0.269 e. The van der Waals surface area contributed by atoms with Crippen LogP contribution in [0.25, 0.3) is 11.3 Å². The number of rotatable bonds is 6. The highest BCUT2D eigenvalue weighted by atomic mass is 32.1. The number of aromatic nitrogens is 3. The van der Waals surface area contributed by atoms with Crippen molar-refractivity contribution < 1.29 is 9.72 Å². The molecule has 0 radical (unpaired) electrons. The average molecular weight is 368 g/mol. The van der Waals surface area contributed by atoms with E-state index in [0.717, 1.165) is 0 Å². The first-order valence-electron chi connectivity index (χ1n) is 7.48. The summed E-state index contributed by atoms with van der Waals surface area (Å²) < 4.78 is 1.51. The Morgan fingerprint density at radius 3 is 2.77 bits per heavy atom. The van der Waals surface area contributed by atoms with Gasteiger partial charge >= 0.3 is 0 Å². The van der Waals surface area contributed by atoms with Gasteiger partial charge in [-0.05, 0) is 12.1 Å². The third-order valence-electron chi connectivity index (χ3n) is 3.46. The molecule has 26 heavy (non-hydrogen) atoms. The van der Waals surface area contributed by atoms with E-state index in [1.807, 2.05) is 6.07 Å². The summed E-state index contributed by atoms with van der Waals surface area (Å²) in [5.41, 5.74) is 1.20. The number of aryl methyl sites for hydroxylation is 1. The van der Waals surface area contributed by atoms with E-state index >= 15 is 0 Å². The maximum atomic E-state index is 12.6. The van der Waals surface area contributed by atoms with Crippen molar-refractivity contribution in [2.24, 2.45) is 0 Å². The number of hydrogen-bond acceptors (Lipinski definition) is 7. The Balaban J connectivity index is 1.96. The van der Waals surface area contributed by atoms with Crippen molar-refractivity contribution in [3.63, 3.8) is 0 Å². The Bertz CT molecular complexity index is 973. The van der Waals surface area contributed by atoms with E-state index in [2.05, 4.69) is 15.4 Å². The van der Waals surface area contributed by atoms with Crippen molar-refractivity contribution in [1.29, 1.82) is 5.26 Å². The van der Waals surface area contributed by atoms with Crippen LogP contribution in [0.15, 0.2) is 42.0 Å². The van der Waals surface area contributed by atoms with Gasteiger partial charge in [0.1, 0.15) is 5.69 Å². The summed E-state index contributed by atoms with van der Waals surface area (Å²) in [4.78, 5) is 26.9. The first kappa shape index (κ1) is 17.2. The molecule has 0 bridgehead atoms. The average Bonchev–Trinajstić information content (AvgIpc) is 3.29. The van der Waals surface area contributed by atoms with Gasteiger partial charge in [-0.2, -0.15) is 10.4 Å². The monoisotopic (exact) mass is 368 g/mol. The van der Waals surface area contributed by atoms with E-state index in [9.17, 15) is 14.9 Å². The van der Waals surface area contributed by atoms with Crippen molar-refractivity contribution in [1.82, 2.24) is 14.8 Å². The summed E-state index contributed by atoms with van der Waals surface area (Å²) in [5.74, 6) is -0.392. The van der Waals surface area contributed by atoms with Gasteiger partial charge in [0, 0.05) is 35.5 Å². The Morgan fingerprint density at radius 1 is 1.38 bits per heavy atom. The number of thiazole rings is 1. The predicted molar refractivity (Wildman–Crippen MR) is 94.6 cm³/mol. The molecule has 2 aromatic heterocycles. The van der Waals surface area contributed by atoms with E-state index in [1.165, 1.54) is 40.3 Å². The van der Waals surface area contributed by atoms with E-state index < -0.39 is 10.8 Å². The van der Waals surface area contributed by atoms with Crippen LogP contribution in [0.3, 0.4) is 0 Å². The topological polar surface area (TPSA) is 127 Å². The van der Waals surface area contributed by atoms with Crippen LogP contribution < -0.4 is 5.32 Å². The fourth-order valence-corrected chi connectivity index (χ4v) is 2.79. The van der Waals surface area contributed by atoms with Crippen LogP contribution in [0, 0.1) is 21.4 Å². The Morgan fingerprint density at radius 2 is 2.15 bits per heavy atom. The lowest BCUT2D eigenvalue weighted by molar-refractivity contribution is -0.384. The van der Waals surface area contributed by atoms with Crippen LogP contribution in [0.4, 0.5) is 10.8 Å². The van der Waals surface area contributed by atoms with E-state index in [4.69, 9.17) is 5.26 Å². The van der Waals surface area contributed by atoms with Gasteiger partial charge in [-0.25, -0.2) is 4.98 Å². The summed E-state index contributed by atoms with van der Waals surface area (Å²) in [6.45, 7) is 0.334. The molecule has 1 aromatic carbocycles. The number of nitriles is 1. The number of carbonyl (C=O) groups is 1. The van der Waals surface area contributed by atoms with Gasteiger partial charge in [0.15, 0.2) is 5.13 Å². The molecular formula is C16H12N6O3S. The molecule has 0 fully saturated rings. The molecule has 2 heterocycles. The van der Waals surface area contributed by atoms with Crippen molar-refractivity contribution in [2.75, 3.05) is 5.32 Å². The normalized spacial score (nSPS) is 10.3. The number of amides is 1. The third kappa shape index (κ3) is 3.73. The van der Waals surface area contributed by atoms with Gasteiger partial charge in [0.2, 0.25) is 0 Å². The number of hydrogen-bond donors (Lipinski definition) is 1. The fourth-order valence-electron chi connectivity index (χ4n) is 2.27. The molecule has 3 aromatic rings. The second kappa shape index (κ2) is 7.54. The third-order valence-corrected chi connectivity index (χ3v) is 4.15. The molecule has 0 aliphatic carbocycles. The zero-order valence-corrected chi connectivity index (χ0v) is 14.1. The number of benzene rings is 1. The van der Waals surface area contributed by atoms with Crippen LogP contribution in [-0.4, -0.2) is 25.6 Å². The molecule has 3 rings (SSSR count). The highest BCUT2D eigenvalue weighted by Gasteiger charge is 2.19. The van der Waals surface area contributed by atoms with Gasteiger partial charge < -0.3 is 0 Å². The molecule has 0 spiro atoms. The highest BCUT2D eigenvalue weighted by Crippen LogP contribution is 2.25. The summed E-state index contributed by atoms with van der Waals surface area (Å²) in [5, 5.41) is 28.8. The van der Waals surface area contributed by atoms with Gasteiger partial charge in [-0.3, -0.25) is 24.9 Å². The number of nitrogens with zero attached hydrogens (tertiary/aromatic N) is 5. The molecule has 1 N–H and O–H groups in total. The highest BCUT2D eigenvalue weighted by molar-refractivity contribution is 7.13. The molecule has 1 amide bonds.